The normalized spacial score (nSPS) is 26.3. The van der Waals surface area contributed by atoms with E-state index in [1.165, 1.54) is 19.3 Å². The highest BCUT2D eigenvalue weighted by molar-refractivity contribution is 7.90. The second kappa shape index (κ2) is 5.71. The highest BCUT2D eigenvalue weighted by atomic mass is 32.2. The van der Waals surface area contributed by atoms with Crippen LogP contribution < -0.4 is 5.32 Å². The lowest BCUT2D eigenvalue weighted by atomic mass is 9.96. The number of carbonyl (C=O) groups excluding carboxylic acids is 2. The first kappa shape index (κ1) is 15.6. The maximum Gasteiger partial charge on any atom is 0.251 e. The summed E-state index contributed by atoms with van der Waals surface area (Å²) in [7, 11) is -2.56. The Morgan fingerprint density at radius 1 is 1.39 bits per heavy atom. The average molecular weight is 333 g/mol. The molecule has 2 aliphatic rings. The third-order valence-corrected chi connectivity index (χ3v) is 5.94. The van der Waals surface area contributed by atoms with Crippen LogP contribution in [-0.2, 0) is 19.6 Å². The lowest BCUT2D eigenvalue weighted by Gasteiger charge is -2.36. The average Bonchev–Trinajstić information content (AvgIpc) is 2.54. The van der Waals surface area contributed by atoms with Crippen molar-refractivity contribution in [2.75, 3.05) is 12.4 Å². The maximum atomic E-state index is 12.6. The molecule has 1 aromatic rings. The molecule has 0 radical (unpaired) electrons. The van der Waals surface area contributed by atoms with Gasteiger partial charge in [-0.15, -0.1) is 0 Å². The van der Waals surface area contributed by atoms with Crippen LogP contribution in [0.25, 0.3) is 0 Å². The molecule has 1 aromatic heterocycles. The zero-order chi connectivity index (χ0) is 16.6. The van der Waals surface area contributed by atoms with Crippen LogP contribution in [0.1, 0.15) is 6.42 Å². The fourth-order valence-electron chi connectivity index (χ4n) is 2.68. The lowest BCUT2D eigenvalue weighted by molar-refractivity contribution is -0.128. The minimum absolute atomic E-state index is 0.159. The third kappa shape index (κ3) is 2.60. The van der Waals surface area contributed by atoms with Gasteiger partial charge in [-0.05, 0) is 18.6 Å². The summed E-state index contributed by atoms with van der Waals surface area (Å²) in [5, 5.41) is 1.48. The predicted molar refractivity (Wildman–Crippen MR) is 84.0 cm³/mol. The number of likely N-dealkylation sites (N-methyl/N-ethyl adjacent to an activating group) is 1. The number of sulfonamides is 1. The van der Waals surface area contributed by atoms with Gasteiger partial charge in [-0.25, -0.2) is 13.4 Å². The van der Waals surface area contributed by atoms with Gasteiger partial charge in [-0.1, -0.05) is 24.3 Å². The molecule has 0 bridgehead atoms. The fourth-order valence-corrected chi connectivity index (χ4v) is 4.37. The standard InChI is InChI=1S/C15H15N3O4S/c1-18-13(15(20)17-12-8-4-5-9-16-12)14(19)10-6-2-3-7-11(10)23(18,21)22/h3-9,11,13H,2H2,1H3,(H,16,17,20). The quantitative estimate of drug-likeness (QED) is 0.627. The number of Topliss-reactive ketones (excluding diaryl/α,β-unsaturated/α-hetero) is 1. The van der Waals surface area contributed by atoms with Gasteiger partial charge in [-0.2, -0.15) is 4.31 Å². The minimum atomic E-state index is -3.81. The summed E-state index contributed by atoms with van der Waals surface area (Å²) < 4.78 is 25.9. The van der Waals surface area contributed by atoms with Gasteiger partial charge in [0.2, 0.25) is 10.0 Å². The van der Waals surface area contributed by atoms with E-state index in [1.807, 2.05) is 0 Å². The van der Waals surface area contributed by atoms with Crippen molar-refractivity contribution in [3.8, 4) is 0 Å². The number of amides is 1. The topological polar surface area (TPSA) is 96.4 Å². The second-order valence-electron chi connectivity index (χ2n) is 5.28. The van der Waals surface area contributed by atoms with Gasteiger partial charge in [0.05, 0.1) is 0 Å². The Morgan fingerprint density at radius 2 is 2.17 bits per heavy atom. The molecule has 2 atom stereocenters. The van der Waals surface area contributed by atoms with Crippen molar-refractivity contribution in [1.82, 2.24) is 9.29 Å². The molecule has 8 heteroatoms. The van der Waals surface area contributed by atoms with Gasteiger partial charge >= 0.3 is 0 Å². The molecular weight excluding hydrogens is 318 g/mol. The maximum absolute atomic E-state index is 12.6. The Bertz CT molecular complexity index is 814. The number of fused-ring (bicyclic) bond motifs is 1. The summed E-state index contributed by atoms with van der Waals surface area (Å²) in [6, 6.07) is 3.50. The van der Waals surface area contributed by atoms with E-state index in [-0.39, 0.29) is 11.4 Å². The van der Waals surface area contributed by atoms with Crippen LogP contribution in [0.5, 0.6) is 0 Å². The van der Waals surface area contributed by atoms with Gasteiger partial charge in [0.25, 0.3) is 5.91 Å². The van der Waals surface area contributed by atoms with Crippen molar-refractivity contribution in [3.05, 3.63) is 48.2 Å². The van der Waals surface area contributed by atoms with E-state index in [1.54, 1.807) is 30.4 Å². The van der Waals surface area contributed by atoms with E-state index in [0.29, 0.717) is 6.42 Å². The van der Waals surface area contributed by atoms with Crippen LogP contribution in [0.4, 0.5) is 5.82 Å². The van der Waals surface area contributed by atoms with Crippen molar-refractivity contribution < 1.29 is 18.0 Å². The molecule has 2 heterocycles. The van der Waals surface area contributed by atoms with Gasteiger partial charge in [0.15, 0.2) is 11.8 Å². The third-order valence-electron chi connectivity index (χ3n) is 3.87. The van der Waals surface area contributed by atoms with Crippen LogP contribution >= 0.6 is 0 Å². The number of nitrogens with zero attached hydrogens (tertiary/aromatic N) is 2. The Balaban J connectivity index is 1.94. The lowest BCUT2D eigenvalue weighted by Crippen LogP contribution is -2.58. The zero-order valence-electron chi connectivity index (χ0n) is 12.3. The molecule has 0 spiro atoms. The summed E-state index contributed by atoms with van der Waals surface area (Å²) >= 11 is 0. The van der Waals surface area contributed by atoms with Crippen molar-refractivity contribution in [2.24, 2.45) is 0 Å². The van der Waals surface area contributed by atoms with E-state index >= 15 is 0 Å². The number of allylic oxidation sites excluding steroid dienone is 2. The monoisotopic (exact) mass is 333 g/mol. The molecule has 1 aliphatic heterocycles. The van der Waals surface area contributed by atoms with Gasteiger partial charge < -0.3 is 5.32 Å². The SMILES string of the molecule is CN1C(C(=O)Nc2ccccn2)C(=O)C2=CCC=CC2S1(=O)=O. The van der Waals surface area contributed by atoms with Crippen LogP contribution in [-0.4, -0.2) is 47.7 Å². The molecule has 7 nitrogen and oxygen atoms in total. The van der Waals surface area contributed by atoms with Gasteiger partial charge in [0.1, 0.15) is 11.1 Å². The largest absolute Gasteiger partial charge is 0.309 e. The molecule has 0 aromatic carbocycles. The van der Waals surface area contributed by atoms with Crippen LogP contribution in [0.15, 0.2) is 48.2 Å². The number of pyridine rings is 1. The molecule has 3 rings (SSSR count). The van der Waals surface area contributed by atoms with Gasteiger partial charge in [-0.3, -0.25) is 9.59 Å². The van der Waals surface area contributed by atoms with E-state index in [4.69, 9.17) is 0 Å². The molecule has 1 fully saturated rings. The Hall–Kier alpha value is -2.32. The number of rotatable bonds is 2. The summed E-state index contributed by atoms with van der Waals surface area (Å²) in [5.41, 5.74) is 0.159. The molecule has 1 saturated heterocycles. The smallest absolute Gasteiger partial charge is 0.251 e. The minimum Gasteiger partial charge on any atom is -0.309 e. The molecule has 0 saturated carbocycles. The Morgan fingerprint density at radius 3 is 2.87 bits per heavy atom. The highest BCUT2D eigenvalue weighted by Gasteiger charge is 2.49. The molecule has 1 aliphatic carbocycles. The number of anilines is 1. The first-order valence-corrected chi connectivity index (χ1v) is 8.53. The van der Waals surface area contributed by atoms with Crippen molar-refractivity contribution in [2.45, 2.75) is 17.7 Å². The molecule has 1 N–H and O–H groups in total. The van der Waals surface area contributed by atoms with Crippen molar-refractivity contribution in [3.63, 3.8) is 0 Å². The molecule has 23 heavy (non-hydrogen) atoms. The van der Waals surface area contributed by atoms with Crippen LogP contribution in [0.3, 0.4) is 0 Å². The molecular formula is C15H15N3O4S. The highest BCUT2D eigenvalue weighted by Crippen LogP contribution is 2.31. The van der Waals surface area contributed by atoms with Crippen LogP contribution in [0.2, 0.25) is 0 Å². The fraction of sp³-hybridized carbons (Fsp3) is 0.267. The number of hydrogen-bond donors (Lipinski definition) is 1. The Labute approximate surface area is 133 Å². The predicted octanol–water partition coefficient (Wildman–Crippen LogP) is 0.488. The van der Waals surface area contributed by atoms with E-state index < -0.39 is 33.0 Å². The Kier molecular flexibility index (Phi) is 3.87. The summed E-state index contributed by atoms with van der Waals surface area (Å²) in [6.07, 6.45) is 6.72. The summed E-state index contributed by atoms with van der Waals surface area (Å²) in [6.45, 7) is 0. The van der Waals surface area contributed by atoms with E-state index in [9.17, 15) is 18.0 Å². The number of carbonyl (C=O) groups is 2. The number of hydrogen-bond acceptors (Lipinski definition) is 5. The number of ketones is 1. The van der Waals surface area contributed by atoms with Crippen LogP contribution in [0, 0.1) is 0 Å². The van der Waals surface area contributed by atoms with Gasteiger partial charge in [0, 0.05) is 18.8 Å². The molecule has 2 unspecified atom stereocenters. The second-order valence-corrected chi connectivity index (χ2v) is 7.39. The van der Waals surface area contributed by atoms with E-state index in [0.717, 1.165) is 4.31 Å². The summed E-state index contributed by atoms with van der Waals surface area (Å²) in [5.74, 6) is -0.950. The molecule has 120 valence electrons. The molecule has 1 amide bonds. The first-order valence-electron chi connectivity index (χ1n) is 7.02. The van der Waals surface area contributed by atoms with Crippen molar-refractivity contribution in [1.29, 1.82) is 0 Å². The number of aromatic nitrogens is 1. The van der Waals surface area contributed by atoms with Crippen molar-refractivity contribution >= 4 is 27.5 Å². The summed E-state index contributed by atoms with van der Waals surface area (Å²) in [4.78, 5) is 29.0. The number of nitrogens with one attached hydrogen (secondary N) is 1. The first-order chi connectivity index (χ1) is 10.9. The zero-order valence-corrected chi connectivity index (χ0v) is 13.2. The van der Waals surface area contributed by atoms with E-state index in [2.05, 4.69) is 10.3 Å².